The van der Waals surface area contributed by atoms with Gasteiger partial charge in [0, 0.05) is 18.9 Å². The average Bonchev–Trinajstić information content (AvgIpc) is 2.65. The summed E-state index contributed by atoms with van der Waals surface area (Å²) >= 11 is 17.9. The highest BCUT2D eigenvalue weighted by molar-refractivity contribution is 6.44. The van der Waals surface area contributed by atoms with Crippen LogP contribution in [0.25, 0.3) is 0 Å². The van der Waals surface area contributed by atoms with Gasteiger partial charge in [0.05, 0.1) is 20.8 Å². The Morgan fingerprint density at radius 2 is 1.88 bits per heavy atom. The molecule has 1 aliphatic rings. The predicted molar refractivity (Wildman–Crippen MR) is 72.1 cm³/mol. The van der Waals surface area contributed by atoms with Crippen LogP contribution in [0.4, 0.5) is 5.69 Å². The van der Waals surface area contributed by atoms with Crippen LogP contribution in [0.15, 0.2) is 24.8 Å². The minimum Gasteiger partial charge on any atom is -0.310 e. The zero-order valence-electron chi connectivity index (χ0n) is 8.92. The van der Waals surface area contributed by atoms with Crippen molar-refractivity contribution in [2.45, 2.75) is 6.42 Å². The molecule has 1 atom stereocenters. The first kappa shape index (κ1) is 12.7. The van der Waals surface area contributed by atoms with Crippen molar-refractivity contribution >= 4 is 46.4 Å². The number of rotatable bonds is 2. The number of anilines is 1. The van der Waals surface area contributed by atoms with E-state index in [1.54, 1.807) is 23.1 Å². The summed E-state index contributed by atoms with van der Waals surface area (Å²) in [4.78, 5) is 13.5. The van der Waals surface area contributed by atoms with E-state index < -0.39 is 0 Å². The van der Waals surface area contributed by atoms with Gasteiger partial charge in [-0.3, -0.25) is 4.79 Å². The normalized spacial score (nSPS) is 19.8. The maximum atomic E-state index is 11.8. The quantitative estimate of drug-likeness (QED) is 0.591. The van der Waals surface area contributed by atoms with Crippen LogP contribution in [0.1, 0.15) is 6.42 Å². The molecule has 1 amide bonds. The molecule has 90 valence electrons. The highest BCUT2D eigenvalue weighted by atomic mass is 35.5. The summed E-state index contributed by atoms with van der Waals surface area (Å²) in [7, 11) is 0. The molecular formula is C12H10Cl3NO. The Balaban J connectivity index is 2.38. The van der Waals surface area contributed by atoms with Gasteiger partial charge in [-0.1, -0.05) is 40.9 Å². The Hall–Kier alpha value is -0.700. The maximum Gasteiger partial charge on any atom is 0.227 e. The van der Waals surface area contributed by atoms with Gasteiger partial charge in [-0.2, -0.15) is 0 Å². The van der Waals surface area contributed by atoms with Gasteiger partial charge in [0.15, 0.2) is 0 Å². The van der Waals surface area contributed by atoms with Gasteiger partial charge in [-0.25, -0.2) is 0 Å². The molecule has 1 heterocycles. The van der Waals surface area contributed by atoms with Gasteiger partial charge in [0.25, 0.3) is 0 Å². The summed E-state index contributed by atoms with van der Waals surface area (Å²) in [5.41, 5.74) is 0.607. The van der Waals surface area contributed by atoms with E-state index in [9.17, 15) is 4.79 Å². The highest BCUT2D eigenvalue weighted by Gasteiger charge is 2.30. The monoisotopic (exact) mass is 289 g/mol. The van der Waals surface area contributed by atoms with Gasteiger partial charge in [-0.05, 0) is 12.1 Å². The molecule has 5 heteroatoms. The molecule has 1 aromatic carbocycles. The van der Waals surface area contributed by atoms with Crippen LogP contribution < -0.4 is 4.90 Å². The summed E-state index contributed by atoms with van der Waals surface area (Å²) in [5.74, 6) is 0.184. The number of carbonyl (C=O) groups is 1. The molecule has 0 radical (unpaired) electrons. The third-order valence-corrected chi connectivity index (χ3v) is 3.79. The Bertz CT molecular complexity index is 487. The molecule has 1 aliphatic heterocycles. The molecule has 1 aromatic rings. The molecular weight excluding hydrogens is 280 g/mol. The van der Waals surface area contributed by atoms with Crippen molar-refractivity contribution in [1.82, 2.24) is 0 Å². The Morgan fingerprint density at radius 3 is 2.47 bits per heavy atom. The van der Waals surface area contributed by atoms with E-state index in [2.05, 4.69) is 6.58 Å². The van der Waals surface area contributed by atoms with Crippen molar-refractivity contribution in [3.8, 4) is 0 Å². The number of hydrogen-bond donors (Lipinski definition) is 0. The molecule has 0 aliphatic carbocycles. The molecule has 0 bridgehead atoms. The second-order valence-corrected chi connectivity index (χ2v) is 5.14. The summed E-state index contributed by atoms with van der Waals surface area (Å²) in [5, 5.41) is 1.20. The van der Waals surface area contributed by atoms with E-state index >= 15 is 0 Å². The van der Waals surface area contributed by atoms with E-state index in [1.807, 2.05) is 0 Å². The lowest BCUT2D eigenvalue weighted by Gasteiger charge is -2.18. The van der Waals surface area contributed by atoms with Gasteiger partial charge < -0.3 is 4.90 Å². The van der Waals surface area contributed by atoms with E-state index in [0.717, 1.165) is 0 Å². The molecule has 2 rings (SSSR count). The molecule has 0 spiro atoms. The molecule has 17 heavy (non-hydrogen) atoms. The second kappa shape index (κ2) is 4.89. The third-order valence-electron chi connectivity index (χ3n) is 2.77. The van der Waals surface area contributed by atoms with Crippen LogP contribution in [0, 0.1) is 5.92 Å². The van der Waals surface area contributed by atoms with Crippen molar-refractivity contribution in [2.24, 2.45) is 5.92 Å². The smallest absolute Gasteiger partial charge is 0.227 e. The molecule has 0 N–H and O–H groups in total. The largest absolute Gasteiger partial charge is 0.310 e. The number of nitrogens with zero attached hydrogens (tertiary/aromatic N) is 1. The Morgan fingerprint density at radius 1 is 1.24 bits per heavy atom. The SMILES string of the molecule is C=CC1CC(=O)N(c2cc(Cl)c(Cl)cc2Cl)C1. The number of amides is 1. The zero-order valence-corrected chi connectivity index (χ0v) is 11.2. The zero-order chi connectivity index (χ0) is 12.6. The van der Waals surface area contributed by atoms with Crippen LogP contribution >= 0.6 is 34.8 Å². The fraction of sp³-hybridized carbons (Fsp3) is 0.250. The molecule has 1 fully saturated rings. The number of benzene rings is 1. The van der Waals surface area contributed by atoms with Crippen molar-refractivity contribution in [1.29, 1.82) is 0 Å². The summed E-state index contributed by atoms with van der Waals surface area (Å²) < 4.78 is 0. The molecule has 0 aromatic heterocycles. The van der Waals surface area contributed by atoms with Gasteiger partial charge in [0.2, 0.25) is 5.91 Å². The molecule has 1 unspecified atom stereocenters. The van der Waals surface area contributed by atoms with Crippen LogP contribution in [-0.2, 0) is 4.79 Å². The van der Waals surface area contributed by atoms with Crippen molar-refractivity contribution in [3.05, 3.63) is 39.9 Å². The molecule has 0 saturated carbocycles. The van der Waals surface area contributed by atoms with Gasteiger partial charge in [0.1, 0.15) is 0 Å². The maximum absolute atomic E-state index is 11.8. The van der Waals surface area contributed by atoms with E-state index in [0.29, 0.717) is 33.7 Å². The Labute approximate surface area is 115 Å². The molecule has 2 nitrogen and oxygen atoms in total. The van der Waals surface area contributed by atoms with E-state index in [1.165, 1.54) is 0 Å². The summed E-state index contributed by atoms with van der Waals surface area (Å²) in [6, 6.07) is 3.17. The van der Waals surface area contributed by atoms with Crippen LogP contribution in [0.2, 0.25) is 15.1 Å². The van der Waals surface area contributed by atoms with Gasteiger partial charge in [-0.15, -0.1) is 6.58 Å². The minimum absolute atomic E-state index is 0.0233. The van der Waals surface area contributed by atoms with Crippen molar-refractivity contribution in [2.75, 3.05) is 11.4 Å². The first-order valence-electron chi connectivity index (χ1n) is 5.10. The van der Waals surface area contributed by atoms with Crippen LogP contribution in [0.3, 0.4) is 0 Å². The van der Waals surface area contributed by atoms with Crippen molar-refractivity contribution < 1.29 is 4.79 Å². The summed E-state index contributed by atoms with van der Waals surface area (Å²) in [6.45, 7) is 4.28. The lowest BCUT2D eigenvalue weighted by atomic mass is 10.1. The van der Waals surface area contributed by atoms with Crippen LogP contribution in [0.5, 0.6) is 0 Å². The first-order chi connectivity index (χ1) is 8.02. The summed E-state index contributed by atoms with van der Waals surface area (Å²) in [6.07, 6.45) is 2.24. The third kappa shape index (κ3) is 2.44. The second-order valence-electron chi connectivity index (χ2n) is 3.92. The van der Waals surface area contributed by atoms with E-state index in [4.69, 9.17) is 34.8 Å². The number of halogens is 3. The average molecular weight is 291 g/mol. The number of hydrogen-bond acceptors (Lipinski definition) is 1. The standard InChI is InChI=1S/C12H10Cl3NO/c1-2-7-3-12(17)16(6-7)11-5-9(14)8(13)4-10(11)15/h2,4-5,7H,1,3,6H2. The highest BCUT2D eigenvalue weighted by Crippen LogP contribution is 2.37. The minimum atomic E-state index is 0.0233. The predicted octanol–water partition coefficient (Wildman–Crippen LogP) is 4.19. The van der Waals surface area contributed by atoms with Crippen molar-refractivity contribution in [3.63, 3.8) is 0 Å². The van der Waals surface area contributed by atoms with E-state index in [-0.39, 0.29) is 11.8 Å². The number of carbonyl (C=O) groups excluding carboxylic acids is 1. The fourth-order valence-electron chi connectivity index (χ4n) is 1.84. The van der Waals surface area contributed by atoms with Crippen LogP contribution in [-0.4, -0.2) is 12.5 Å². The lowest BCUT2D eigenvalue weighted by molar-refractivity contribution is -0.117. The first-order valence-corrected chi connectivity index (χ1v) is 6.23. The Kier molecular flexibility index (Phi) is 3.67. The fourth-order valence-corrected chi connectivity index (χ4v) is 2.49. The molecule has 1 saturated heterocycles. The van der Waals surface area contributed by atoms with Gasteiger partial charge >= 0.3 is 0 Å². The topological polar surface area (TPSA) is 20.3 Å². The lowest BCUT2D eigenvalue weighted by Crippen LogP contribution is -2.24.